The van der Waals surface area contributed by atoms with Crippen molar-refractivity contribution < 1.29 is 0 Å². The molecule has 1 nitrogen and oxygen atoms in total. The number of hydrogen-bond donors (Lipinski definition) is 0. The lowest BCUT2D eigenvalue weighted by molar-refractivity contribution is 1.31. The lowest BCUT2D eigenvalue weighted by atomic mass is 10.2. The first kappa shape index (κ1) is 11.2. The van der Waals surface area contributed by atoms with Gasteiger partial charge in [0.05, 0.1) is 5.69 Å². The van der Waals surface area contributed by atoms with Crippen molar-refractivity contribution in [3.8, 4) is 0 Å². The first-order valence-corrected chi connectivity index (χ1v) is 4.92. The fourth-order valence-corrected chi connectivity index (χ4v) is 1.18. The number of rotatable bonds is 2. The molecule has 1 heteroatoms. The maximum Gasteiger partial charge on any atom is 0.0695 e. The standard InChI is InChI=1S/C14H15N/c1-3-10-13-11-8-6-5-7-9-12-15-14(13)4-2/h3-12H,2H2,1H3/b6-5?,7-5?,8-6?,9-7?,10-3-,11-8?,12-9?,13-11?,14-13?,15-12?,15-14?. The molecule has 0 spiro atoms. The van der Waals surface area contributed by atoms with Crippen LogP contribution in [-0.2, 0) is 0 Å². The van der Waals surface area contributed by atoms with Gasteiger partial charge in [-0.2, -0.15) is 0 Å². The average molecular weight is 197 g/mol. The molecule has 0 amide bonds. The summed E-state index contributed by atoms with van der Waals surface area (Å²) in [7, 11) is 0. The van der Waals surface area contributed by atoms with Crippen molar-refractivity contribution in [3.05, 3.63) is 66.5 Å². The van der Waals surface area contributed by atoms with Crippen LogP contribution in [0.3, 0.4) is 0 Å². The summed E-state index contributed by atoms with van der Waals surface area (Å²) in [4.78, 5) is 4.32. The van der Waals surface area contributed by atoms with E-state index in [1.807, 2.05) is 55.5 Å². The maximum absolute atomic E-state index is 4.32. The summed E-state index contributed by atoms with van der Waals surface area (Å²) in [5.41, 5.74) is 1.94. The van der Waals surface area contributed by atoms with Gasteiger partial charge < -0.3 is 0 Å². The Bertz CT molecular complexity index is 404. The summed E-state index contributed by atoms with van der Waals surface area (Å²) < 4.78 is 0. The monoisotopic (exact) mass is 197 g/mol. The van der Waals surface area contributed by atoms with Crippen LogP contribution in [0, 0.1) is 0 Å². The van der Waals surface area contributed by atoms with Gasteiger partial charge in [-0.1, -0.05) is 49.1 Å². The van der Waals surface area contributed by atoms with Gasteiger partial charge in [-0.3, -0.25) is 4.98 Å². The summed E-state index contributed by atoms with van der Waals surface area (Å²) in [5, 5.41) is 0. The van der Waals surface area contributed by atoms with Crippen LogP contribution in [0.5, 0.6) is 0 Å². The second kappa shape index (κ2) is 6.55. The second-order valence-corrected chi connectivity index (χ2v) is 2.95. The first-order chi connectivity index (χ1) is 7.38. The molecule has 0 radical (unpaired) electrons. The molecule has 1 rings (SSSR count). The Morgan fingerprint density at radius 1 is 1.13 bits per heavy atom. The molecule has 0 saturated heterocycles. The highest BCUT2D eigenvalue weighted by molar-refractivity contribution is 5.60. The summed E-state index contributed by atoms with van der Waals surface area (Å²) >= 11 is 0. The molecule has 0 aromatic carbocycles. The second-order valence-electron chi connectivity index (χ2n) is 2.95. The van der Waals surface area contributed by atoms with E-state index in [-0.39, 0.29) is 0 Å². The van der Waals surface area contributed by atoms with Gasteiger partial charge in [0.2, 0.25) is 0 Å². The third kappa shape index (κ3) is 3.77. The van der Waals surface area contributed by atoms with E-state index in [1.165, 1.54) is 0 Å². The van der Waals surface area contributed by atoms with Crippen LogP contribution in [0.1, 0.15) is 18.2 Å². The highest BCUT2D eigenvalue weighted by Gasteiger charge is 1.89. The van der Waals surface area contributed by atoms with E-state index >= 15 is 0 Å². The summed E-state index contributed by atoms with van der Waals surface area (Å²) in [6.45, 7) is 5.75. The van der Waals surface area contributed by atoms with Gasteiger partial charge in [-0.05, 0) is 24.6 Å². The van der Waals surface area contributed by atoms with E-state index in [9.17, 15) is 0 Å². The van der Waals surface area contributed by atoms with Crippen molar-refractivity contribution in [2.75, 3.05) is 0 Å². The van der Waals surface area contributed by atoms with Crippen LogP contribution in [-0.4, -0.2) is 4.98 Å². The minimum absolute atomic E-state index is 0.879. The smallest absolute Gasteiger partial charge is 0.0695 e. The highest BCUT2D eigenvalue weighted by atomic mass is 14.6. The van der Waals surface area contributed by atoms with E-state index in [4.69, 9.17) is 0 Å². The van der Waals surface area contributed by atoms with Crippen LogP contribution in [0.2, 0.25) is 0 Å². The molecule has 0 aliphatic heterocycles. The quantitative estimate of drug-likeness (QED) is 0.701. The van der Waals surface area contributed by atoms with Gasteiger partial charge in [0.25, 0.3) is 0 Å². The Hall–Kier alpha value is -1.89. The predicted molar refractivity (Wildman–Crippen MR) is 66.7 cm³/mol. The molecule has 15 heavy (non-hydrogen) atoms. The van der Waals surface area contributed by atoms with E-state index in [0.29, 0.717) is 0 Å². The molecule has 1 aromatic rings. The fourth-order valence-electron chi connectivity index (χ4n) is 1.18. The molecular weight excluding hydrogens is 182 g/mol. The van der Waals surface area contributed by atoms with Crippen LogP contribution >= 0.6 is 0 Å². The largest absolute Gasteiger partial charge is 0.256 e. The lowest BCUT2D eigenvalue weighted by Gasteiger charge is -1.94. The Morgan fingerprint density at radius 3 is 2.60 bits per heavy atom. The number of hydrogen-bond acceptors (Lipinski definition) is 1. The highest BCUT2D eigenvalue weighted by Crippen LogP contribution is 2.06. The molecule has 76 valence electrons. The molecule has 1 heterocycles. The third-order valence-electron chi connectivity index (χ3n) is 1.86. The van der Waals surface area contributed by atoms with Crippen LogP contribution in [0.4, 0.5) is 0 Å². The SMILES string of the molecule is C=Cc1ncccccccc1/C=C\C. The molecule has 0 fully saturated rings. The zero-order chi connectivity index (χ0) is 10.9. The molecule has 0 N–H and O–H groups in total. The fraction of sp³-hybridized carbons (Fsp3) is 0.0714. The zero-order valence-electron chi connectivity index (χ0n) is 8.93. The minimum Gasteiger partial charge on any atom is -0.256 e. The number of aromatic nitrogens is 1. The summed E-state index contributed by atoms with van der Waals surface area (Å²) in [6.07, 6.45) is 7.54. The van der Waals surface area contributed by atoms with E-state index in [0.717, 1.165) is 11.3 Å². The van der Waals surface area contributed by atoms with Crippen molar-refractivity contribution in [2.24, 2.45) is 0 Å². The molecule has 0 unspecified atom stereocenters. The maximum atomic E-state index is 4.32. The van der Waals surface area contributed by atoms with E-state index in [1.54, 1.807) is 12.3 Å². The molecule has 0 atom stereocenters. The Balaban J connectivity index is 3.40. The minimum atomic E-state index is 0.879. The Morgan fingerprint density at radius 2 is 1.87 bits per heavy atom. The van der Waals surface area contributed by atoms with Crippen molar-refractivity contribution >= 4 is 12.2 Å². The number of nitrogens with zero attached hydrogens (tertiary/aromatic N) is 1. The van der Waals surface area contributed by atoms with Crippen LogP contribution in [0.15, 0.2) is 55.3 Å². The molecular formula is C14H15N. The van der Waals surface area contributed by atoms with Crippen molar-refractivity contribution in [1.29, 1.82) is 0 Å². The molecule has 0 aliphatic carbocycles. The van der Waals surface area contributed by atoms with Crippen LogP contribution < -0.4 is 0 Å². The van der Waals surface area contributed by atoms with Gasteiger partial charge in [-0.25, -0.2) is 0 Å². The molecule has 0 aliphatic rings. The first-order valence-electron chi connectivity index (χ1n) is 4.92. The third-order valence-corrected chi connectivity index (χ3v) is 1.86. The van der Waals surface area contributed by atoms with Crippen molar-refractivity contribution in [2.45, 2.75) is 6.92 Å². The number of allylic oxidation sites excluding steroid dienone is 1. The molecule has 1 aromatic heterocycles. The van der Waals surface area contributed by atoms with E-state index in [2.05, 4.69) is 11.6 Å². The zero-order valence-corrected chi connectivity index (χ0v) is 8.93. The van der Waals surface area contributed by atoms with Gasteiger partial charge in [0.1, 0.15) is 0 Å². The summed E-state index contributed by atoms with van der Waals surface area (Å²) in [6, 6.07) is 11.8. The van der Waals surface area contributed by atoms with Gasteiger partial charge >= 0.3 is 0 Å². The predicted octanol–water partition coefficient (Wildman–Crippen LogP) is 3.88. The van der Waals surface area contributed by atoms with E-state index < -0.39 is 0 Å². The van der Waals surface area contributed by atoms with Crippen LogP contribution in [0.25, 0.3) is 12.2 Å². The van der Waals surface area contributed by atoms with Crippen molar-refractivity contribution in [3.63, 3.8) is 0 Å². The molecule has 0 saturated carbocycles. The lowest BCUT2D eigenvalue weighted by Crippen LogP contribution is -1.80. The molecule has 0 bridgehead atoms. The van der Waals surface area contributed by atoms with Gasteiger partial charge in [-0.15, -0.1) is 0 Å². The summed E-state index contributed by atoms with van der Waals surface area (Å²) in [5.74, 6) is 0. The van der Waals surface area contributed by atoms with Crippen molar-refractivity contribution in [1.82, 2.24) is 4.98 Å². The Kier molecular flexibility index (Phi) is 4.88. The normalized spacial score (nSPS) is 9.67. The van der Waals surface area contributed by atoms with Gasteiger partial charge in [0, 0.05) is 6.20 Å². The van der Waals surface area contributed by atoms with Gasteiger partial charge in [0.15, 0.2) is 0 Å². The average Bonchev–Trinajstić information content (AvgIpc) is 2.27. The Labute approximate surface area is 91.1 Å². The topological polar surface area (TPSA) is 12.9 Å².